The number of nitrogens with two attached hydrogens (primary N) is 1. The second kappa shape index (κ2) is 6.37. The molecular formula is C11H20F3N5O2. The van der Waals surface area contributed by atoms with Gasteiger partial charge in [0.25, 0.3) is 0 Å². The van der Waals surface area contributed by atoms with Gasteiger partial charge in [-0.05, 0) is 13.8 Å². The maximum atomic E-state index is 12.0. The molecule has 10 heteroatoms. The summed E-state index contributed by atoms with van der Waals surface area (Å²) in [6.07, 6.45) is -4.43. The zero-order valence-corrected chi connectivity index (χ0v) is 11.9. The number of piperazine rings is 1. The fourth-order valence-electron chi connectivity index (χ4n) is 2.04. The van der Waals surface area contributed by atoms with Crippen LogP contribution in [0.15, 0.2) is 5.16 Å². The van der Waals surface area contributed by atoms with Gasteiger partial charge in [-0.25, -0.2) is 4.79 Å². The van der Waals surface area contributed by atoms with Crippen LogP contribution in [0, 0.1) is 0 Å². The Morgan fingerprint density at radius 2 is 1.81 bits per heavy atom. The highest BCUT2D eigenvalue weighted by Gasteiger charge is 2.35. The molecule has 0 aromatic carbocycles. The molecule has 0 unspecified atom stereocenters. The summed E-state index contributed by atoms with van der Waals surface area (Å²) in [5.41, 5.74) is 4.92. The first kappa shape index (κ1) is 17.3. The summed E-state index contributed by atoms with van der Waals surface area (Å²) in [5.74, 6) is 0.0393. The molecular weight excluding hydrogens is 291 g/mol. The Morgan fingerprint density at radius 1 is 1.29 bits per heavy atom. The van der Waals surface area contributed by atoms with Crippen LogP contribution >= 0.6 is 0 Å². The summed E-state index contributed by atoms with van der Waals surface area (Å²) in [6, 6.07) is -0.742. The van der Waals surface area contributed by atoms with Crippen molar-refractivity contribution >= 4 is 11.9 Å². The number of nitrogens with zero attached hydrogens (tertiary/aromatic N) is 3. The Morgan fingerprint density at radius 3 is 2.24 bits per heavy atom. The predicted octanol–water partition coefficient (Wildman–Crippen LogP) is 0.401. The van der Waals surface area contributed by atoms with Crippen molar-refractivity contribution in [1.82, 2.24) is 15.1 Å². The number of carbonyl (C=O) groups is 1. The largest absolute Gasteiger partial charge is 0.409 e. The van der Waals surface area contributed by atoms with Crippen LogP contribution in [0.25, 0.3) is 0 Å². The van der Waals surface area contributed by atoms with Gasteiger partial charge in [-0.1, -0.05) is 5.16 Å². The third-order valence-corrected chi connectivity index (χ3v) is 3.53. The van der Waals surface area contributed by atoms with Crippen molar-refractivity contribution in [2.75, 3.05) is 32.7 Å². The molecule has 1 fully saturated rings. The average molecular weight is 311 g/mol. The summed E-state index contributed by atoms with van der Waals surface area (Å²) in [5, 5.41) is 13.6. The maximum Gasteiger partial charge on any atom is 0.405 e. The molecule has 0 aromatic heterocycles. The van der Waals surface area contributed by atoms with E-state index in [0.717, 1.165) is 0 Å². The smallest absolute Gasteiger partial charge is 0.405 e. The summed E-state index contributed by atoms with van der Waals surface area (Å²) in [6.45, 7) is 3.56. The third kappa shape index (κ3) is 4.66. The van der Waals surface area contributed by atoms with E-state index in [1.807, 2.05) is 10.2 Å². The standard InChI is InChI=1S/C11H20F3N5O2/c1-10(2,8(15)17-21)19-5-3-18(4-6-19)9(20)16-7-11(12,13)14/h21H,3-7H2,1-2H3,(H2,15,17)(H,16,20). The molecule has 0 bridgehead atoms. The maximum absolute atomic E-state index is 12.0. The SMILES string of the molecule is CC(C)(C(N)=NO)N1CCN(C(=O)NCC(F)(F)F)CC1. The molecule has 1 saturated heterocycles. The number of amidine groups is 1. The first-order valence-electron chi connectivity index (χ1n) is 6.40. The van der Waals surface area contributed by atoms with Gasteiger partial charge in [-0.15, -0.1) is 0 Å². The summed E-state index contributed by atoms with van der Waals surface area (Å²) in [7, 11) is 0. The normalized spacial score (nSPS) is 18.7. The minimum absolute atomic E-state index is 0.0393. The van der Waals surface area contributed by atoms with Gasteiger partial charge < -0.3 is 21.2 Å². The fraction of sp³-hybridized carbons (Fsp3) is 0.818. The minimum Gasteiger partial charge on any atom is -0.409 e. The molecule has 21 heavy (non-hydrogen) atoms. The highest BCUT2D eigenvalue weighted by atomic mass is 19.4. The summed E-state index contributed by atoms with van der Waals surface area (Å²) < 4.78 is 36.1. The van der Waals surface area contributed by atoms with Crippen molar-refractivity contribution in [2.45, 2.75) is 25.6 Å². The third-order valence-electron chi connectivity index (χ3n) is 3.53. The molecule has 0 saturated carbocycles. The molecule has 0 aromatic rings. The van der Waals surface area contributed by atoms with Crippen LogP contribution in [0.4, 0.5) is 18.0 Å². The topological polar surface area (TPSA) is 94.2 Å². The Kier molecular flexibility index (Phi) is 5.26. The van der Waals surface area contributed by atoms with E-state index >= 15 is 0 Å². The first-order valence-corrected chi connectivity index (χ1v) is 6.40. The molecule has 1 heterocycles. The average Bonchev–Trinajstić information content (AvgIpc) is 2.43. The number of halogens is 3. The Bertz CT molecular complexity index is 403. The van der Waals surface area contributed by atoms with Crippen molar-refractivity contribution in [2.24, 2.45) is 10.9 Å². The number of oxime groups is 1. The predicted molar refractivity (Wildman–Crippen MR) is 70.1 cm³/mol. The van der Waals surface area contributed by atoms with Crippen LogP contribution in [-0.2, 0) is 0 Å². The van der Waals surface area contributed by atoms with E-state index < -0.39 is 24.3 Å². The molecule has 1 rings (SSSR count). The second-order valence-electron chi connectivity index (χ2n) is 5.29. The lowest BCUT2D eigenvalue weighted by Gasteiger charge is -2.43. The van der Waals surface area contributed by atoms with Gasteiger partial charge in [0.15, 0.2) is 5.84 Å². The van der Waals surface area contributed by atoms with Crippen molar-refractivity contribution < 1.29 is 23.2 Å². The molecule has 1 aliphatic heterocycles. The van der Waals surface area contributed by atoms with Crippen molar-refractivity contribution in [3.8, 4) is 0 Å². The van der Waals surface area contributed by atoms with Crippen LogP contribution in [0.1, 0.15) is 13.8 Å². The number of urea groups is 1. The van der Waals surface area contributed by atoms with Crippen LogP contribution in [0.2, 0.25) is 0 Å². The number of rotatable bonds is 3. The zero-order chi connectivity index (χ0) is 16.3. The Balaban J connectivity index is 2.51. The molecule has 122 valence electrons. The minimum atomic E-state index is -4.43. The number of carbonyl (C=O) groups excluding carboxylic acids is 1. The monoisotopic (exact) mass is 311 g/mol. The van der Waals surface area contributed by atoms with Gasteiger partial charge in [-0.2, -0.15) is 13.2 Å². The first-order chi connectivity index (χ1) is 9.58. The van der Waals surface area contributed by atoms with E-state index in [0.29, 0.717) is 13.1 Å². The zero-order valence-electron chi connectivity index (χ0n) is 11.9. The van der Waals surface area contributed by atoms with Crippen molar-refractivity contribution in [3.63, 3.8) is 0 Å². The number of nitrogens with one attached hydrogen (secondary N) is 1. The molecule has 4 N–H and O–H groups in total. The van der Waals surface area contributed by atoms with Crippen LogP contribution in [-0.4, -0.2) is 71.3 Å². The van der Waals surface area contributed by atoms with Crippen LogP contribution in [0.5, 0.6) is 0 Å². The Hall–Kier alpha value is -1.71. The van der Waals surface area contributed by atoms with Crippen LogP contribution < -0.4 is 11.1 Å². The number of alkyl halides is 3. The second-order valence-corrected chi connectivity index (χ2v) is 5.29. The van der Waals surface area contributed by atoms with Crippen LogP contribution in [0.3, 0.4) is 0 Å². The molecule has 0 aliphatic carbocycles. The van der Waals surface area contributed by atoms with Gasteiger partial charge in [0.1, 0.15) is 6.54 Å². The van der Waals surface area contributed by atoms with Gasteiger partial charge in [0.05, 0.1) is 5.54 Å². The molecule has 7 nitrogen and oxygen atoms in total. The van der Waals surface area contributed by atoms with Crippen molar-refractivity contribution in [3.05, 3.63) is 0 Å². The lowest BCUT2D eigenvalue weighted by molar-refractivity contribution is -0.123. The molecule has 0 atom stereocenters. The highest BCUT2D eigenvalue weighted by Crippen LogP contribution is 2.17. The van der Waals surface area contributed by atoms with E-state index in [2.05, 4.69) is 5.16 Å². The highest BCUT2D eigenvalue weighted by molar-refractivity contribution is 5.88. The number of hydrogen-bond donors (Lipinski definition) is 3. The quantitative estimate of drug-likeness (QED) is 0.304. The number of hydrogen-bond acceptors (Lipinski definition) is 4. The van der Waals surface area contributed by atoms with Gasteiger partial charge in [0.2, 0.25) is 0 Å². The molecule has 0 spiro atoms. The molecule has 2 amide bonds. The van der Waals surface area contributed by atoms with E-state index in [1.165, 1.54) is 4.90 Å². The lowest BCUT2D eigenvalue weighted by atomic mass is 10.0. The summed E-state index contributed by atoms with van der Waals surface area (Å²) >= 11 is 0. The molecule has 0 radical (unpaired) electrons. The van der Waals surface area contributed by atoms with E-state index in [4.69, 9.17) is 10.9 Å². The van der Waals surface area contributed by atoms with Crippen molar-refractivity contribution in [1.29, 1.82) is 0 Å². The van der Waals surface area contributed by atoms with Gasteiger partial charge >= 0.3 is 12.2 Å². The molecule has 1 aliphatic rings. The van der Waals surface area contributed by atoms with E-state index in [9.17, 15) is 18.0 Å². The lowest BCUT2D eigenvalue weighted by Crippen LogP contribution is -2.61. The van der Waals surface area contributed by atoms with Gasteiger partial charge in [0, 0.05) is 26.2 Å². The van der Waals surface area contributed by atoms with E-state index in [-0.39, 0.29) is 18.9 Å². The Labute approximate surface area is 120 Å². The number of amides is 2. The van der Waals surface area contributed by atoms with Gasteiger partial charge in [-0.3, -0.25) is 4.90 Å². The summed E-state index contributed by atoms with van der Waals surface area (Å²) in [4.78, 5) is 14.8. The fourth-order valence-corrected chi connectivity index (χ4v) is 2.04. The van der Waals surface area contributed by atoms with E-state index in [1.54, 1.807) is 13.8 Å².